The molecular formula is C23H22FNO2. The lowest BCUT2D eigenvalue weighted by Crippen LogP contribution is -2.36. The molecule has 0 saturated heterocycles. The maximum Gasteiger partial charge on any atom is 0.233 e. The van der Waals surface area contributed by atoms with Crippen LogP contribution >= 0.6 is 0 Å². The summed E-state index contributed by atoms with van der Waals surface area (Å²) in [6.45, 7) is 0.545. The number of hydrogen-bond donors (Lipinski definition) is 0. The van der Waals surface area contributed by atoms with E-state index in [1.54, 1.807) is 24.1 Å². The number of carbonyl (C=O) groups is 1. The fourth-order valence-electron chi connectivity index (χ4n) is 3.73. The minimum absolute atomic E-state index is 0.101. The van der Waals surface area contributed by atoms with E-state index in [0.29, 0.717) is 6.54 Å². The van der Waals surface area contributed by atoms with Crippen molar-refractivity contribution >= 4 is 16.7 Å². The van der Waals surface area contributed by atoms with E-state index in [4.69, 9.17) is 4.74 Å². The van der Waals surface area contributed by atoms with Gasteiger partial charge in [-0.15, -0.1) is 0 Å². The standard InChI is InChI=1S/C23H22FNO2/c1-25(22(26)23(11-12-23)19-6-8-20(24)9-7-19)15-16-3-4-18-14-21(27-2)10-5-17(18)13-16/h3-10,13-14H,11-12,15H2,1-2H3. The van der Waals surface area contributed by atoms with Crippen LogP contribution in [0.1, 0.15) is 24.0 Å². The quantitative estimate of drug-likeness (QED) is 0.659. The van der Waals surface area contributed by atoms with E-state index >= 15 is 0 Å². The molecule has 3 nitrogen and oxygen atoms in total. The Morgan fingerprint density at radius 1 is 1.04 bits per heavy atom. The molecule has 138 valence electrons. The molecule has 1 amide bonds. The van der Waals surface area contributed by atoms with Gasteiger partial charge in [-0.3, -0.25) is 4.79 Å². The molecule has 0 aromatic heterocycles. The second kappa shape index (κ2) is 6.69. The van der Waals surface area contributed by atoms with Crippen LogP contribution in [0.2, 0.25) is 0 Å². The molecule has 0 N–H and O–H groups in total. The van der Waals surface area contributed by atoms with Crippen molar-refractivity contribution in [3.05, 3.63) is 77.6 Å². The van der Waals surface area contributed by atoms with Crippen molar-refractivity contribution in [2.24, 2.45) is 0 Å². The van der Waals surface area contributed by atoms with Gasteiger partial charge in [0.1, 0.15) is 11.6 Å². The minimum Gasteiger partial charge on any atom is -0.497 e. The SMILES string of the molecule is COc1ccc2cc(CN(C)C(=O)C3(c4ccc(F)cc4)CC3)ccc2c1. The highest BCUT2D eigenvalue weighted by atomic mass is 19.1. The van der Waals surface area contributed by atoms with Crippen LogP contribution in [0.15, 0.2) is 60.7 Å². The first-order chi connectivity index (χ1) is 13.0. The third-order valence-corrected chi connectivity index (χ3v) is 5.43. The number of carbonyl (C=O) groups excluding carboxylic acids is 1. The molecule has 3 aromatic carbocycles. The van der Waals surface area contributed by atoms with Gasteiger partial charge in [0.2, 0.25) is 5.91 Å². The highest BCUT2D eigenvalue weighted by molar-refractivity contribution is 5.91. The molecule has 0 radical (unpaired) electrons. The van der Waals surface area contributed by atoms with Gasteiger partial charge in [0.05, 0.1) is 12.5 Å². The van der Waals surface area contributed by atoms with E-state index in [2.05, 4.69) is 12.1 Å². The predicted octanol–water partition coefficient (Wildman–Crippen LogP) is 4.68. The van der Waals surface area contributed by atoms with Crippen molar-refractivity contribution in [1.82, 2.24) is 4.90 Å². The first-order valence-electron chi connectivity index (χ1n) is 9.10. The zero-order chi connectivity index (χ0) is 19.0. The summed E-state index contributed by atoms with van der Waals surface area (Å²) in [5, 5.41) is 2.23. The zero-order valence-electron chi connectivity index (χ0n) is 15.5. The second-order valence-corrected chi connectivity index (χ2v) is 7.30. The van der Waals surface area contributed by atoms with Gasteiger partial charge in [-0.25, -0.2) is 4.39 Å². The number of hydrogen-bond acceptors (Lipinski definition) is 2. The second-order valence-electron chi connectivity index (χ2n) is 7.30. The maximum atomic E-state index is 13.2. The van der Waals surface area contributed by atoms with Gasteiger partial charge in [0, 0.05) is 13.6 Å². The van der Waals surface area contributed by atoms with E-state index in [1.165, 1.54) is 12.1 Å². The molecule has 3 aromatic rings. The van der Waals surface area contributed by atoms with Gasteiger partial charge in [-0.05, 0) is 65.1 Å². The van der Waals surface area contributed by atoms with Crippen LogP contribution in [0.3, 0.4) is 0 Å². The van der Waals surface area contributed by atoms with Gasteiger partial charge < -0.3 is 9.64 Å². The summed E-state index contributed by atoms with van der Waals surface area (Å²) in [5.41, 5.74) is 1.51. The van der Waals surface area contributed by atoms with Crippen LogP contribution < -0.4 is 4.74 Å². The van der Waals surface area contributed by atoms with Crippen LogP contribution in [-0.4, -0.2) is 25.0 Å². The summed E-state index contributed by atoms with van der Waals surface area (Å²) >= 11 is 0. The Morgan fingerprint density at radius 2 is 1.70 bits per heavy atom. The lowest BCUT2D eigenvalue weighted by molar-refractivity contribution is -0.133. The molecule has 27 heavy (non-hydrogen) atoms. The van der Waals surface area contributed by atoms with Crippen LogP contribution in [-0.2, 0) is 16.8 Å². The number of amides is 1. The lowest BCUT2D eigenvalue weighted by Gasteiger charge is -2.24. The Labute approximate surface area is 158 Å². The average molecular weight is 363 g/mol. The van der Waals surface area contributed by atoms with E-state index in [-0.39, 0.29) is 11.7 Å². The molecule has 4 heteroatoms. The van der Waals surface area contributed by atoms with Gasteiger partial charge in [-0.2, -0.15) is 0 Å². The van der Waals surface area contributed by atoms with Gasteiger partial charge in [-0.1, -0.05) is 30.3 Å². The number of halogens is 1. The van der Waals surface area contributed by atoms with Gasteiger partial charge in [0.25, 0.3) is 0 Å². The van der Waals surface area contributed by atoms with Crippen molar-refractivity contribution in [2.45, 2.75) is 24.8 Å². The molecule has 1 saturated carbocycles. The molecule has 1 aliphatic carbocycles. The fourth-order valence-corrected chi connectivity index (χ4v) is 3.73. The van der Waals surface area contributed by atoms with Gasteiger partial charge in [0.15, 0.2) is 0 Å². The third-order valence-electron chi connectivity index (χ3n) is 5.43. The molecule has 4 rings (SSSR count). The normalized spacial score (nSPS) is 14.8. The first-order valence-corrected chi connectivity index (χ1v) is 9.10. The van der Waals surface area contributed by atoms with E-state index < -0.39 is 5.41 Å². The topological polar surface area (TPSA) is 29.5 Å². The molecule has 0 unspecified atom stereocenters. The summed E-state index contributed by atoms with van der Waals surface area (Å²) < 4.78 is 18.5. The molecule has 1 aliphatic rings. The smallest absolute Gasteiger partial charge is 0.233 e. The predicted molar refractivity (Wildman–Crippen MR) is 104 cm³/mol. The number of rotatable bonds is 5. The zero-order valence-corrected chi connectivity index (χ0v) is 15.5. The van der Waals surface area contributed by atoms with Crippen LogP contribution in [0.25, 0.3) is 10.8 Å². The van der Waals surface area contributed by atoms with Crippen molar-refractivity contribution in [3.8, 4) is 5.75 Å². The number of methoxy groups -OCH3 is 1. The molecule has 0 heterocycles. The van der Waals surface area contributed by atoms with Crippen molar-refractivity contribution in [2.75, 3.05) is 14.2 Å². The number of likely N-dealkylation sites (N-methyl/N-ethyl adjacent to an activating group) is 1. The molecule has 0 bridgehead atoms. The third kappa shape index (κ3) is 3.27. The Bertz CT molecular complexity index is 993. The lowest BCUT2D eigenvalue weighted by atomic mass is 9.94. The highest BCUT2D eigenvalue weighted by Gasteiger charge is 2.52. The molecular weight excluding hydrogens is 341 g/mol. The summed E-state index contributed by atoms with van der Waals surface area (Å²) in [4.78, 5) is 14.9. The van der Waals surface area contributed by atoms with Gasteiger partial charge >= 0.3 is 0 Å². The summed E-state index contributed by atoms with van der Waals surface area (Å²) in [7, 11) is 3.50. The monoisotopic (exact) mass is 363 g/mol. The number of benzene rings is 3. The Kier molecular flexibility index (Phi) is 4.34. The maximum absolute atomic E-state index is 13.2. The fraction of sp³-hybridized carbons (Fsp3) is 0.261. The largest absolute Gasteiger partial charge is 0.497 e. The minimum atomic E-state index is -0.479. The van der Waals surface area contributed by atoms with Crippen molar-refractivity contribution in [1.29, 1.82) is 0 Å². The Hall–Kier alpha value is -2.88. The Balaban J connectivity index is 1.53. The average Bonchev–Trinajstić information content (AvgIpc) is 3.49. The summed E-state index contributed by atoms with van der Waals surface area (Å²) in [5.74, 6) is 0.657. The highest BCUT2D eigenvalue weighted by Crippen LogP contribution is 2.49. The number of ether oxygens (including phenoxy) is 1. The van der Waals surface area contributed by atoms with Crippen LogP contribution in [0.4, 0.5) is 4.39 Å². The van der Waals surface area contributed by atoms with E-state index in [0.717, 1.165) is 40.5 Å². The van der Waals surface area contributed by atoms with Crippen LogP contribution in [0.5, 0.6) is 5.75 Å². The molecule has 0 aliphatic heterocycles. The van der Waals surface area contributed by atoms with Crippen LogP contribution in [0, 0.1) is 5.82 Å². The molecule has 0 atom stereocenters. The van der Waals surface area contributed by atoms with Crippen molar-refractivity contribution in [3.63, 3.8) is 0 Å². The summed E-state index contributed by atoms with van der Waals surface area (Å²) in [6, 6.07) is 18.5. The van der Waals surface area contributed by atoms with E-state index in [9.17, 15) is 9.18 Å². The first kappa shape index (κ1) is 17.5. The molecule has 0 spiro atoms. The van der Waals surface area contributed by atoms with E-state index in [1.807, 2.05) is 31.3 Å². The number of fused-ring (bicyclic) bond motifs is 1. The molecule has 1 fully saturated rings. The van der Waals surface area contributed by atoms with Crippen molar-refractivity contribution < 1.29 is 13.9 Å². The summed E-state index contributed by atoms with van der Waals surface area (Å²) in [6.07, 6.45) is 1.64. The Morgan fingerprint density at radius 3 is 2.37 bits per heavy atom. The number of nitrogens with zero attached hydrogens (tertiary/aromatic N) is 1.